The Hall–Kier alpha value is -2.17. The van der Waals surface area contributed by atoms with Gasteiger partial charge in [-0.1, -0.05) is 83.9 Å². The fourth-order valence-electron chi connectivity index (χ4n) is 4.30. The van der Waals surface area contributed by atoms with Crippen LogP contribution in [0.15, 0.2) is 78.9 Å². The molecule has 1 atom stereocenters. The third-order valence-electron chi connectivity index (χ3n) is 5.81. The summed E-state index contributed by atoms with van der Waals surface area (Å²) in [5, 5.41) is 14.1. The van der Waals surface area contributed by atoms with Crippen LogP contribution in [0, 0.1) is 12.1 Å². The molecule has 0 spiro atoms. The molecule has 0 bridgehead atoms. The van der Waals surface area contributed by atoms with Crippen molar-refractivity contribution in [3.63, 3.8) is 0 Å². The third-order valence-corrected chi connectivity index (χ3v) is 6.06. The molecule has 1 fully saturated rings. The van der Waals surface area contributed by atoms with E-state index in [0.29, 0.717) is 19.6 Å². The number of halogens is 1. The van der Waals surface area contributed by atoms with Crippen molar-refractivity contribution >= 4 is 11.6 Å². The highest BCUT2D eigenvalue weighted by Crippen LogP contribution is 2.31. The molecule has 3 aromatic carbocycles. The lowest BCUT2D eigenvalue weighted by Gasteiger charge is -2.50. The summed E-state index contributed by atoms with van der Waals surface area (Å²) in [7, 11) is 0. The first kappa shape index (κ1) is 20.1. The van der Waals surface area contributed by atoms with Crippen LogP contribution in [0.25, 0.3) is 0 Å². The van der Waals surface area contributed by atoms with Gasteiger partial charge in [-0.15, -0.1) is 0 Å². The lowest BCUT2D eigenvalue weighted by atomic mass is 9.96. The number of rotatable bonds is 5. The van der Waals surface area contributed by atoms with Gasteiger partial charge in [0.05, 0.1) is 19.1 Å². The van der Waals surface area contributed by atoms with Gasteiger partial charge in [-0.05, 0) is 30.2 Å². The number of hydroxylamine groups is 3. The number of hydrogen-bond acceptors (Lipinski definition) is 2. The van der Waals surface area contributed by atoms with Crippen molar-refractivity contribution in [2.45, 2.75) is 19.5 Å². The molecule has 0 aliphatic carbocycles. The van der Waals surface area contributed by atoms with Crippen LogP contribution in [0.4, 0.5) is 0 Å². The Kier molecular flexibility index (Phi) is 6.02. The van der Waals surface area contributed by atoms with E-state index in [2.05, 4.69) is 66.4 Å². The van der Waals surface area contributed by atoms with E-state index in [1.165, 1.54) is 16.7 Å². The predicted molar refractivity (Wildman–Crippen MR) is 120 cm³/mol. The largest absolute Gasteiger partial charge is 0.632 e. The van der Waals surface area contributed by atoms with Crippen molar-refractivity contribution in [1.82, 2.24) is 4.90 Å². The molecule has 1 saturated heterocycles. The van der Waals surface area contributed by atoms with Crippen LogP contribution in [0.2, 0.25) is 5.02 Å². The van der Waals surface area contributed by atoms with Crippen LogP contribution in [0.1, 0.15) is 28.3 Å². The highest BCUT2D eigenvalue weighted by molar-refractivity contribution is 6.30. The van der Waals surface area contributed by atoms with Crippen LogP contribution in [0.5, 0.6) is 0 Å². The van der Waals surface area contributed by atoms with Gasteiger partial charge in [0.15, 0.2) is 0 Å². The second kappa shape index (κ2) is 8.68. The van der Waals surface area contributed by atoms with Crippen LogP contribution >= 0.6 is 11.6 Å². The van der Waals surface area contributed by atoms with Crippen molar-refractivity contribution in [3.05, 3.63) is 111 Å². The van der Waals surface area contributed by atoms with Crippen LogP contribution < -0.4 is 0 Å². The Labute approximate surface area is 178 Å². The molecule has 0 aromatic heterocycles. The lowest BCUT2D eigenvalue weighted by molar-refractivity contribution is -0.898. The van der Waals surface area contributed by atoms with Crippen molar-refractivity contribution in [3.8, 4) is 0 Å². The van der Waals surface area contributed by atoms with Crippen molar-refractivity contribution in [2.75, 3.05) is 26.2 Å². The summed E-state index contributed by atoms with van der Waals surface area (Å²) < 4.78 is -0.151. The quantitative estimate of drug-likeness (QED) is 0.409. The van der Waals surface area contributed by atoms with E-state index < -0.39 is 0 Å². The monoisotopic (exact) mass is 406 g/mol. The second-order valence-electron chi connectivity index (χ2n) is 8.05. The fraction of sp³-hybridized carbons (Fsp3) is 0.280. The van der Waals surface area contributed by atoms with E-state index in [1.54, 1.807) is 0 Å². The maximum absolute atomic E-state index is 13.4. The highest BCUT2D eigenvalue weighted by Gasteiger charge is 2.31. The first-order valence-electron chi connectivity index (χ1n) is 10.2. The molecule has 3 aromatic rings. The predicted octanol–water partition coefficient (Wildman–Crippen LogP) is 5.57. The molecule has 150 valence electrons. The summed E-state index contributed by atoms with van der Waals surface area (Å²) in [6.45, 7) is 5.38. The maximum atomic E-state index is 13.4. The first-order valence-corrected chi connectivity index (χ1v) is 10.6. The zero-order valence-electron chi connectivity index (χ0n) is 16.8. The summed E-state index contributed by atoms with van der Waals surface area (Å²) >= 11 is 6.12. The Morgan fingerprint density at radius 3 is 2.21 bits per heavy atom. The molecule has 1 unspecified atom stereocenters. The first-order chi connectivity index (χ1) is 14.0. The lowest BCUT2D eigenvalue weighted by Crippen LogP contribution is -2.56. The summed E-state index contributed by atoms with van der Waals surface area (Å²) in [6.07, 6.45) is 0. The van der Waals surface area contributed by atoms with Gasteiger partial charge >= 0.3 is 0 Å². The van der Waals surface area contributed by atoms with Gasteiger partial charge in [-0.3, -0.25) is 4.90 Å². The standard InChI is InChI=1S/C25H27ClN2O/c1-20-6-5-7-21(18-20)19-28(29)16-14-27(15-17-28)25(22-8-3-2-4-9-22)23-10-12-24(26)13-11-23/h2-13,18,25H,14-17,19H2,1H3. The average Bonchev–Trinajstić information content (AvgIpc) is 2.72. The van der Waals surface area contributed by atoms with E-state index in [-0.39, 0.29) is 10.7 Å². The van der Waals surface area contributed by atoms with E-state index in [0.717, 1.165) is 23.7 Å². The molecule has 0 saturated carbocycles. The zero-order chi connectivity index (χ0) is 20.3. The highest BCUT2D eigenvalue weighted by atomic mass is 35.5. The number of hydrogen-bond donors (Lipinski definition) is 0. The SMILES string of the molecule is Cc1cccc(C[N+]2([O-])CCN(C(c3ccccc3)c3ccc(Cl)cc3)CC2)c1. The van der Waals surface area contributed by atoms with Crippen molar-refractivity contribution in [2.24, 2.45) is 0 Å². The molecule has 0 radical (unpaired) electrons. The van der Waals surface area contributed by atoms with E-state index in [4.69, 9.17) is 11.6 Å². The number of quaternary nitrogens is 1. The van der Waals surface area contributed by atoms with Gasteiger partial charge in [-0.25, -0.2) is 0 Å². The summed E-state index contributed by atoms with van der Waals surface area (Å²) in [6, 6.07) is 27.1. The maximum Gasteiger partial charge on any atom is 0.104 e. The second-order valence-corrected chi connectivity index (χ2v) is 8.49. The minimum Gasteiger partial charge on any atom is -0.632 e. The van der Waals surface area contributed by atoms with Gasteiger partial charge in [0.2, 0.25) is 0 Å². The molecule has 4 heteroatoms. The zero-order valence-corrected chi connectivity index (χ0v) is 17.6. The Morgan fingerprint density at radius 2 is 1.55 bits per heavy atom. The summed E-state index contributed by atoms with van der Waals surface area (Å²) in [5.74, 6) is 0. The van der Waals surface area contributed by atoms with Crippen LogP contribution in [0.3, 0.4) is 0 Å². The fourth-order valence-corrected chi connectivity index (χ4v) is 4.43. The Morgan fingerprint density at radius 1 is 0.897 bits per heavy atom. The summed E-state index contributed by atoms with van der Waals surface area (Å²) in [5.41, 5.74) is 4.80. The Balaban J connectivity index is 1.53. The van der Waals surface area contributed by atoms with Gasteiger partial charge in [0.1, 0.15) is 6.54 Å². The number of benzene rings is 3. The van der Waals surface area contributed by atoms with E-state index in [9.17, 15) is 5.21 Å². The van der Waals surface area contributed by atoms with E-state index >= 15 is 0 Å². The Bertz CT molecular complexity index is 935. The van der Waals surface area contributed by atoms with Crippen molar-refractivity contribution < 1.29 is 4.65 Å². The number of piperazine rings is 1. The average molecular weight is 407 g/mol. The van der Waals surface area contributed by atoms with Gasteiger partial charge in [-0.2, -0.15) is 0 Å². The topological polar surface area (TPSA) is 26.3 Å². The van der Waals surface area contributed by atoms with Crippen LogP contribution in [-0.2, 0) is 6.54 Å². The normalized spacial score (nSPS) is 17.8. The minimum atomic E-state index is -0.151. The number of nitrogens with zero attached hydrogens (tertiary/aromatic N) is 2. The minimum absolute atomic E-state index is 0.140. The smallest absolute Gasteiger partial charge is 0.104 e. The molecule has 0 N–H and O–H groups in total. The van der Waals surface area contributed by atoms with Gasteiger partial charge in [0, 0.05) is 23.7 Å². The van der Waals surface area contributed by atoms with Crippen molar-refractivity contribution in [1.29, 1.82) is 0 Å². The molecule has 1 heterocycles. The summed E-state index contributed by atoms with van der Waals surface area (Å²) in [4.78, 5) is 2.43. The molecule has 1 aliphatic rings. The number of aryl methyl sites for hydroxylation is 1. The molecule has 3 nitrogen and oxygen atoms in total. The van der Waals surface area contributed by atoms with Gasteiger partial charge < -0.3 is 9.85 Å². The molecule has 4 rings (SSSR count). The molecule has 29 heavy (non-hydrogen) atoms. The van der Waals surface area contributed by atoms with Crippen LogP contribution in [-0.4, -0.2) is 35.7 Å². The molecule has 0 amide bonds. The molecular weight excluding hydrogens is 380 g/mol. The van der Waals surface area contributed by atoms with E-state index in [1.807, 2.05) is 24.3 Å². The van der Waals surface area contributed by atoms with Gasteiger partial charge in [0.25, 0.3) is 0 Å². The third kappa shape index (κ3) is 4.88. The molecular formula is C25H27ClN2O. The molecule has 1 aliphatic heterocycles.